The number of carbonyl (C=O) groups is 1. The molecule has 1 aliphatic rings. The summed E-state index contributed by atoms with van der Waals surface area (Å²) in [5.74, 6) is 0.722. The van der Waals surface area contributed by atoms with Crippen molar-refractivity contribution in [1.29, 1.82) is 0 Å². The molecule has 0 bridgehead atoms. The Morgan fingerprint density at radius 3 is 2.12 bits per heavy atom. The van der Waals surface area contributed by atoms with Crippen LogP contribution in [0.5, 0.6) is 5.75 Å². The molecule has 0 unspecified atom stereocenters. The minimum atomic E-state index is -3.70. The molecule has 6 nitrogen and oxygen atoms in total. The van der Waals surface area contributed by atoms with Crippen molar-refractivity contribution in [2.75, 3.05) is 17.1 Å². The number of amides is 1. The van der Waals surface area contributed by atoms with Gasteiger partial charge >= 0.3 is 0 Å². The number of anilines is 2. The van der Waals surface area contributed by atoms with Crippen LogP contribution in [0, 0.1) is 5.92 Å². The Balaban J connectivity index is 1.66. The quantitative estimate of drug-likeness (QED) is 0.809. The van der Waals surface area contributed by atoms with E-state index in [1.54, 1.807) is 43.5 Å². The van der Waals surface area contributed by atoms with Gasteiger partial charge in [-0.3, -0.25) is 9.52 Å². The maximum absolute atomic E-state index is 12.5. The Morgan fingerprint density at radius 1 is 0.962 bits per heavy atom. The highest BCUT2D eigenvalue weighted by Gasteiger charge is 2.22. The number of carbonyl (C=O) groups excluding carboxylic acids is 1. The van der Waals surface area contributed by atoms with Gasteiger partial charge in [0.15, 0.2) is 0 Å². The molecule has 0 spiro atoms. The number of hydrogen-bond donors (Lipinski definition) is 2. The van der Waals surface area contributed by atoms with Crippen LogP contribution in [0.4, 0.5) is 11.4 Å². The largest absolute Gasteiger partial charge is 0.497 e. The summed E-state index contributed by atoms with van der Waals surface area (Å²) in [5.41, 5.74) is 1.05. The average Bonchev–Trinajstić information content (AvgIpc) is 3.17. The van der Waals surface area contributed by atoms with Gasteiger partial charge in [-0.25, -0.2) is 8.42 Å². The first-order chi connectivity index (χ1) is 12.5. The summed E-state index contributed by atoms with van der Waals surface area (Å²) in [5, 5.41) is 2.86. The third-order valence-electron chi connectivity index (χ3n) is 4.50. The van der Waals surface area contributed by atoms with E-state index in [-0.39, 0.29) is 16.7 Å². The fourth-order valence-electron chi connectivity index (χ4n) is 3.02. The SMILES string of the molecule is COc1ccc(NS(=O)(=O)c2ccc(NC(=O)C3CCCC3)cc2)cc1. The van der Waals surface area contributed by atoms with Crippen LogP contribution in [-0.4, -0.2) is 21.4 Å². The van der Waals surface area contributed by atoms with Crippen molar-refractivity contribution in [1.82, 2.24) is 0 Å². The lowest BCUT2D eigenvalue weighted by atomic mass is 10.1. The fraction of sp³-hybridized carbons (Fsp3) is 0.316. The molecule has 0 atom stereocenters. The van der Waals surface area contributed by atoms with E-state index in [1.807, 2.05) is 0 Å². The van der Waals surface area contributed by atoms with Gasteiger partial charge in [-0.05, 0) is 61.4 Å². The Kier molecular flexibility index (Phi) is 5.46. The number of rotatable bonds is 6. The molecule has 2 aromatic carbocycles. The number of benzene rings is 2. The molecule has 26 heavy (non-hydrogen) atoms. The van der Waals surface area contributed by atoms with Crippen LogP contribution in [0.15, 0.2) is 53.4 Å². The van der Waals surface area contributed by atoms with Crippen molar-refractivity contribution in [3.05, 3.63) is 48.5 Å². The highest BCUT2D eigenvalue weighted by molar-refractivity contribution is 7.92. The molecular weight excluding hydrogens is 352 g/mol. The molecular formula is C19H22N2O4S. The van der Waals surface area contributed by atoms with Gasteiger partial charge < -0.3 is 10.1 Å². The average molecular weight is 374 g/mol. The second kappa shape index (κ2) is 7.78. The predicted octanol–water partition coefficient (Wildman–Crippen LogP) is 3.62. The van der Waals surface area contributed by atoms with E-state index in [4.69, 9.17) is 4.74 Å². The first-order valence-electron chi connectivity index (χ1n) is 8.56. The van der Waals surface area contributed by atoms with Gasteiger partial charge in [0.1, 0.15) is 5.75 Å². The van der Waals surface area contributed by atoms with Crippen molar-refractivity contribution >= 4 is 27.3 Å². The summed E-state index contributed by atoms with van der Waals surface area (Å²) in [6.07, 6.45) is 4.02. The molecule has 2 N–H and O–H groups in total. The fourth-order valence-corrected chi connectivity index (χ4v) is 4.08. The Morgan fingerprint density at radius 2 is 1.54 bits per heavy atom. The van der Waals surface area contributed by atoms with Crippen molar-refractivity contribution in [2.45, 2.75) is 30.6 Å². The van der Waals surface area contributed by atoms with E-state index >= 15 is 0 Å². The minimum Gasteiger partial charge on any atom is -0.497 e. The summed E-state index contributed by atoms with van der Waals surface area (Å²) in [6, 6.07) is 12.8. The summed E-state index contributed by atoms with van der Waals surface area (Å²) >= 11 is 0. The zero-order valence-electron chi connectivity index (χ0n) is 14.6. The summed E-state index contributed by atoms with van der Waals surface area (Å²) < 4.78 is 32.5. The third kappa shape index (κ3) is 4.35. The van der Waals surface area contributed by atoms with Crippen molar-refractivity contribution in [3.63, 3.8) is 0 Å². The second-order valence-corrected chi connectivity index (χ2v) is 8.01. The van der Waals surface area contributed by atoms with E-state index in [2.05, 4.69) is 10.0 Å². The third-order valence-corrected chi connectivity index (χ3v) is 5.90. The lowest BCUT2D eigenvalue weighted by molar-refractivity contribution is -0.119. The Bertz CT molecular complexity index is 855. The topological polar surface area (TPSA) is 84.5 Å². The van der Waals surface area contributed by atoms with Gasteiger partial charge in [0.05, 0.1) is 12.0 Å². The van der Waals surface area contributed by atoms with Gasteiger partial charge in [-0.1, -0.05) is 12.8 Å². The zero-order valence-corrected chi connectivity index (χ0v) is 15.4. The molecule has 0 aromatic heterocycles. The number of ether oxygens (including phenoxy) is 1. The first-order valence-corrected chi connectivity index (χ1v) is 10.0. The summed E-state index contributed by atoms with van der Waals surface area (Å²) in [4.78, 5) is 12.3. The van der Waals surface area contributed by atoms with Crippen LogP contribution in [0.2, 0.25) is 0 Å². The van der Waals surface area contributed by atoms with Gasteiger partial charge in [0, 0.05) is 17.3 Å². The lowest BCUT2D eigenvalue weighted by Crippen LogP contribution is -2.20. The number of nitrogens with one attached hydrogen (secondary N) is 2. The molecule has 138 valence electrons. The van der Waals surface area contributed by atoms with Crippen molar-refractivity contribution < 1.29 is 17.9 Å². The molecule has 0 radical (unpaired) electrons. The van der Waals surface area contributed by atoms with Gasteiger partial charge in [-0.2, -0.15) is 0 Å². The van der Waals surface area contributed by atoms with Crippen LogP contribution >= 0.6 is 0 Å². The van der Waals surface area contributed by atoms with E-state index in [9.17, 15) is 13.2 Å². The minimum absolute atomic E-state index is 0.00876. The van der Waals surface area contributed by atoms with Crippen molar-refractivity contribution in [3.8, 4) is 5.75 Å². The maximum atomic E-state index is 12.5. The van der Waals surface area contributed by atoms with Gasteiger partial charge in [0.25, 0.3) is 10.0 Å². The monoisotopic (exact) mass is 374 g/mol. The molecule has 1 saturated carbocycles. The van der Waals surface area contributed by atoms with Gasteiger partial charge in [0.2, 0.25) is 5.91 Å². The van der Waals surface area contributed by atoms with E-state index in [0.717, 1.165) is 25.7 Å². The van der Waals surface area contributed by atoms with Crippen LogP contribution < -0.4 is 14.8 Å². The van der Waals surface area contributed by atoms with E-state index < -0.39 is 10.0 Å². The highest BCUT2D eigenvalue weighted by Crippen LogP contribution is 2.26. The molecule has 7 heteroatoms. The molecule has 0 heterocycles. The molecule has 1 fully saturated rings. The molecule has 0 aliphatic heterocycles. The lowest BCUT2D eigenvalue weighted by Gasteiger charge is -2.12. The van der Waals surface area contributed by atoms with Crippen LogP contribution in [-0.2, 0) is 14.8 Å². The van der Waals surface area contributed by atoms with E-state index in [0.29, 0.717) is 17.1 Å². The standard InChI is InChI=1S/C19H22N2O4S/c1-25-17-10-6-16(7-11-17)21-26(23,24)18-12-8-15(9-13-18)20-19(22)14-4-2-3-5-14/h6-14,21H,2-5H2,1H3,(H,20,22). The molecule has 1 aliphatic carbocycles. The predicted molar refractivity (Wildman–Crippen MR) is 101 cm³/mol. The maximum Gasteiger partial charge on any atom is 0.261 e. The molecule has 3 rings (SSSR count). The summed E-state index contributed by atoms with van der Waals surface area (Å²) in [6.45, 7) is 0. The summed E-state index contributed by atoms with van der Waals surface area (Å²) in [7, 11) is -2.15. The first kappa shape index (κ1) is 18.3. The van der Waals surface area contributed by atoms with E-state index in [1.165, 1.54) is 12.1 Å². The van der Waals surface area contributed by atoms with Crippen LogP contribution in [0.25, 0.3) is 0 Å². The smallest absolute Gasteiger partial charge is 0.261 e. The van der Waals surface area contributed by atoms with Crippen LogP contribution in [0.1, 0.15) is 25.7 Å². The Hall–Kier alpha value is -2.54. The van der Waals surface area contributed by atoms with Gasteiger partial charge in [-0.15, -0.1) is 0 Å². The zero-order chi connectivity index (χ0) is 18.6. The molecule has 1 amide bonds. The Labute approximate surface area is 153 Å². The number of methoxy groups -OCH3 is 1. The number of sulfonamides is 1. The van der Waals surface area contributed by atoms with Crippen LogP contribution in [0.3, 0.4) is 0 Å². The highest BCUT2D eigenvalue weighted by atomic mass is 32.2. The molecule has 2 aromatic rings. The normalized spacial score (nSPS) is 14.8. The van der Waals surface area contributed by atoms with Crippen molar-refractivity contribution in [2.24, 2.45) is 5.92 Å². The second-order valence-electron chi connectivity index (χ2n) is 6.33. The molecule has 0 saturated heterocycles. The number of hydrogen-bond acceptors (Lipinski definition) is 4.